The topological polar surface area (TPSA) is 66.5 Å². The van der Waals surface area contributed by atoms with Gasteiger partial charge in [0.2, 0.25) is 10.0 Å². The van der Waals surface area contributed by atoms with Gasteiger partial charge in [-0.1, -0.05) is 37.1 Å². The van der Waals surface area contributed by atoms with Crippen LogP contribution in [-0.4, -0.2) is 31.7 Å². The fraction of sp³-hybridized carbons (Fsp3) is 0.350. The number of sulfonamides is 1. The second kappa shape index (κ2) is 8.87. The highest BCUT2D eigenvalue weighted by atomic mass is 35.5. The fourth-order valence-electron chi connectivity index (χ4n) is 2.52. The summed E-state index contributed by atoms with van der Waals surface area (Å²) in [5.41, 5.74) is 1.94. The number of aryl methyl sites for hydroxylation is 1. The summed E-state index contributed by atoms with van der Waals surface area (Å²) in [7, 11) is -2.19. The van der Waals surface area contributed by atoms with E-state index in [1.165, 1.54) is 35.1 Å². The number of hydrogen-bond acceptors (Lipinski definition) is 3. The van der Waals surface area contributed by atoms with Crippen LogP contribution in [0.4, 0.5) is 5.69 Å². The van der Waals surface area contributed by atoms with Gasteiger partial charge in [0.1, 0.15) is 0 Å². The van der Waals surface area contributed by atoms with Crippen molar-refractivity contribution in [3.8, 4) is 0 Å². The molecule has 0 aliphatic carbocycles. The lowest BCUT2D eigenvalue weighted by Crippen LogP contribution is -2.33. The summed E-state index contributed by atoms with van der Waals surface area (Å²) in [5, 5.41) is 2.96. The van der Waals surface area contributed by atoms with E-state index >= 15 is 0 Å². The van der Waals surface area contributed by atoms with Crippen LogP contribution in [0.25, 0.3) is 0 Å². The first-order valence-electron chi connectivity index (χ1n) is 8.84. The minimum Gasteiger partial charge on any atom is -0.322 e. The third-order valence-electron chi connectivity index (χ3n) is 4.34. The van der Waals surface area contributed by atoms with Gasteiger partial charge in [-0.25, -0.2) is 8.42 Å². The molecule has 0 aliphatic rings. The molecule has 0 atom stereocenters. The zero-order chi connectivity index (χ0) is 20.2. The van der Waals surface area contributed by atoms with Gasteiger partial charge in [0.05, 0.1) is 15.5 Å². The summed E-state index contributed by atoms with van der Waals surface area (Å²) in [4.78, 5) is 12.7. The molecule has 0 heterocycles. The van der Waals surface area contributed by atoms with Crippen molar-refractivity contribution in [2.24, 2.45) is 0 Å². The largest absolute Gasteiger partial charge is 0.322 e. The number of anilines is 1. The Labute approximate surface area is 166 Å². The Hall–Kier alpha value is -1.89. The Morgan fingerprint density at radius 1 is 1.15 bits per heavy atom. The minimum absolute atomic E-state index is 0.0338. The van der Waals surface area contributed by atoms with Gasteiger partial charge < -0.3 is 5.32 Å². The molecule has 0 saturated carbocycles. The number of carbonyl (C=O) groups is 1. The molecule has 2 aromatic carbocycles. The predicted molar refractivity (Wildman–Crippen MR) is 110 cm³/mol. The van der Waals surface area contributed by atoms with Crippen LogP contribution in [0, 0.1) is 0 Å². The van der Waals surface area contributed by atoms with E-state index in [0.29, 0.717) is 5.69 Å². The lowest BCUT2D eigenvalue weighted by molar-refractivity contribution is 0.102. The Morgan fingerprint density at radius 2 is 1.78 bits per heavy atom. The zero-order valence-electron chi connectivity index (χ0n) is 16.0. The van der Waals surface area contributed by atoms with Gasteiger partial charge in [0, 0.05) is 18.8 Å². The van der Waals surface area contributed by atoms with E-state index < -0.39 is 15.9 Å². The van der Waals surface area contributed by atoms with Gasteiger partial charge in [-0.05, 0) is 56.2 Å². The monoisotopic (exact) mass is 408 g/mol. The lowest BCUT2D eigenvalue weighted by atomic mass is 10.1. The molecule has 2 rings (SSSR count). The second-order valence-electron chi connectivity index (χ2n) is 6.66. The van der Waals surface area contributed by atoms with Gasteiger partial charge >= 0.3 is 0 Å². The molecule has 2 aromatic rings. The van der Waals surface area contributed by atoms with E-state index in [9.17, 15) is 13.2 Å². The van der Waals surface area contributed by atoms with E-state index in [0.717, 1.165) is 12.8 Å². The number of rotatable bonds is 7. The number of hydrogen-bond donors (Lipinski definition) is 1. The van der Waals surface area contributed by atoms with Crippen LogP contribution in [0.5, 0.6) is 0 Å². The molecule has 5 nitrogen and oxygen atoms in total. The third-order valence-corrected chi connectivity index (χ3v) is 6.70. The molecule has 0 fully saturated rings. The van der Waals surface area contributed by atoms with Crippen molar-refractivity contribution in [1.82, 2.24) is 4.31 Å². The number of benzene rings is 2. The molecule has 1 amide bonds. The van der Waals surface area contributed by atoms with E-state index in [1.54, 1.807) is 13.8 Å². The van der Waals surface area contributed by atoms with Crippen molar-refractivity contribution < 1.29 is 13.2 Å². The van der Waals surface area contributed by atoms with Gasteiger partial charge in [-0.3, -0.25) is 4.79 Å². The highest BCUT2D eigenvalue weighted by Gasteiger charge is 2.25. The van der Waals surface area contributed by atoms with Crippen LogP contribution in [0.1, 0.15) is 43.1 Å². The quantitative estimate of drug-likeness (QED) is 0.729. The predicted octanol–water partition coefficient (Wildman–Crippen LogP) is 4.57. The third kappa shape index (κ3) is 5.09. The Balaban J connectivity index is 2.28. The summed E-state index contributed by atoms with van der Waals surface area (Å²) in [6.07, 6.45) is 2.02. The SMILES string of the molecule is CCCc1ccc(NC(=O)c2cc(S(=O)(=O)N(C)C(C)C)ccc2Cl)cc1. The summed E-state index contributed by atoms with van der Waals surface area (Å²) < 4.78 is 26.6. The summed E-state index contributed by atoms with van der Waals surface area (Å²) in [6.45, 7) is 5.67. The smallest absolute Gasteiger partial charge is 0.257 e. The molecule has 0 aliphatic heterocycles. The Bertz CT molecular complexity index is 909. The molecule has 0 aromatic heterocycles. The van der Waals surface area contributed by atoms with Gasteiger partial charge in [-0.2, -0.15) is 4.31 Å². The number of amides is 1. The minimum atomic E-state index is -3.70. The van der Waals surface area contributed by atoms with Gasteiger partial charge in [-0.15, -0.1) is 0 Å². The highest BCUT2D eigenvalue weighted by Crippen LogP contribution is 2.24. The Kier molecular flexibility index (Phi) is 7.03. The fourth-order valence-corrected chi connectivity index (χ4v) is 4.12. The van der Waals surface area contributed by atoms with Crippen LogP contribution in [0.3, 0.4) is 0 Å². The normalized spacial score (nSPS) is 11.8. The number of nitrogens with zero attached hydrogens (tertiary/aromatic N) is 1. The van der Waals surface area contributed by atoms with Crippen LogP contribution in [-0.2, 0) is 16.4 Å². The van der Waals surface area contributed by atoms with Gasteiger partial charge in [0.15, 0.2) is 0 Å². The molecule has 1 N–H and O–H groups in total. The van der Waals surface area contributed by atoms with Crippen molar-refractivity contribution in [3.63, 3.8) is 0 Å². The highest BCUT2D eigenvalue weighted by molar-refractivity contribution is 7.89. The van der Waals surface area contributed by atoms with Crippen molar-refractivity contribution in [2.75, 3.05) is 12.4 Å². The maximum Gasteiger partial charge on any atom is 0.257 e. The summed E-state index contributed by atoms with van der Waals surface area (Å²) in [5.74, 6) is -0.451. The first kappa shape index (κ1) is 21.4. The average Bonchev–Trinajstić information content (AvgIpc) is 2.62. The molecule has 27 heavy (non-hydrogen) atoms. The zero-order valence-corrected chi connectivity index (χ0v) is 17.6. The Morgan fingerprint density at radius 3 is 2.33 bits per heavy atom. The van der Waals surface area contributed by atoms with E-state index in [1.807, 2.05) is 24.3 Å². The lowest BCUT2D eigenvalue weighted by Gasteiger charge is -2.21. The standard InChI is InChI=1S/C20H25ClN2O3S/c1-5-6-15-7-9-16(10-8-15)22-20(24)18-13-17(11-12-19(18)21)27(25,26)23(4)14(2)3/h7-14H,5-6H2,1-4H3,(H,22,24). The number of halogens is 1. The maximum absolute atomic E-state index is 12.7. The van der Waals surface area contributed by atoms with Crippen molar-refractivity contribution in [2.45, 2.75) is 44.6 Å². The van der Waals surface area contributed by atoms with E-state index in [2.05, 4.69) is 12.2 Å². The summed E-state index contributed by atoms with van der Waals surface area (Å²) >= 11 is 6.15. The second-order valence-corrected chi connectivity index (χ2v) is 9.06. The molecule has 0 unspecified atom stereocenters. The van der Waals surface area contributed by atoms with Crippen LogP contribution < -0.4 is 5.32 Å². The first-order valence-corrected chi connectivity index (χ1v) is 10.7. The first-order chi connectivity index (χ1) is 12.7. The van der Waals surface area contributed by atoms with Crippen LogP contribution in [0.2, 0.25) is 5.02 Å². The average molecular weight is 409 g/mol. The molecule has 0 spiro atoms. The molecule has 7 heteroatoms. The molecule has 0 radical (unpaired) electrons. The van der Waals surface area contributed by atoms with E-state index in [4.69, 9.17) is 11.6 Å². The molecular weight excluding hydrogens is 384 g/mol. The molecule has 0 saturated heterocycles. The number of nitrogens with one attached hydrogen (secondary N) is 1. The number of carbonyl (C=O) groups excluding carboxylic acids is 1. The maximum atomic E-state index is 12.7. The van der Waals surface area contributed by atoms with Crippen molar-refractivity contribution in [1.29, 1.82) is 0 Å². The summed E-state index contributed by atoms with van der Waals surface area (Å²) in [6, 6.07) is 11.5. The van der Waals surface area contributed by atoms with Crippen molar-refractivity contribution in [3.05, 3.63) is 58.6 Å². The van der Waals surface area contributed by atoms with E-state index in [-0.39, 0.29) is 21.5 Å². The molecule has 0 bridgehead atoms. The van der Waals surface area contributed by atoms with Crippen molar-refractivity contribution >= 4 is 33.2 Å². The van der Waals surface area contributed by atoms with Crippen LogP contribution in [0.15, 0.2) is 47.4 Å². The molecular formula is C20H25ClN2O3S. The molecule has 146 valence electrons. The van der Waals surface area contributed by atoms with Gasteiger partial charge in [0.25, 0.3) is 5.91 Å². The van der Waals surface area contributed by atoms with Crippen LogP contribution >= 0.6 is 11.6 Å².